The summed E-state index contributed by atoms with van der Waals surface area (Å²) >= 11 is 0. The highest BCUT2D eigenvalue weighted by Gasteiger charge is 2.21. The Labute approximate surface area is 175 Å². The second kappa shape index (κ2) is 7.20. The van der Waals surface area contributed by atoms with E-state index in [0.717, 1.165) is 24.2 Å². The van der Waals surface area contributed by atoms with Gasteiger partial charge in [0, 0.05) is 24.8 Å². The quantitative estimate of drug-likeness (QED) is 0.497. The molecule has 156 valence electrons. The molecule has 5 rings (SSSR count). The van der Waals surface area contributed by atoms with Crippen LogP contribution in [0.15, 0.2) is 42.9 Å². The molecule has 0 atom stereocenters. The van der Waals surface area contributed by atoms with E-state index in [1.165, 1.54) is 23.3 Å². The molecule has 0 unspecified atom stereocenters. The molecule has 0 spiro atoms. The number of anilines is 1. The van der Waals surface area contributed by atoms with Gasteiger partial charge in [0.2, 0.25) is 11.8 Å². The molecule has 1 saturated heterocycles. The molecule has 0 bridgehead atoms. The number of carbonyl (C=O) groups is 2. The molecule has 1 fully saturated rings. The van der Waals surface area contributed by atoms with Crippen LogP contribution in [0.5, 0.6) is 5.88 Å². The van der Waals surface area contributed by atoms with Gasteiger partial charge in [-0.15, -0.1) is 0 Å². The van der Waals surface area contributed by atoms with Crippen molar-refractivity contribution in [1.82, 2.24) is 29.5 Å². The van der Waals surface area contributed by atoms with E-state index < -0.39 is 5.97 Å². The van der Waals surface area contributed by atoms with Gasteiger partial charge >= 0.3 is 5.97 Å². The first kappa shape index (κ1) is 18.7. The Hall–Kier alpha value is -4.28. The van der Waals surface area contributed by atoms with Crippen LogP contribution >= 0.6 is 0 Å². The standard InChI is InChI=1S/C20H17N7O4/c28-16-2-1-7-25(16)14-5-3-12(4-6-14)10-26-17-15(9-22-26)23-20(24-18(17)29)27-11-13(8-21-27)19(30)31/h3-6,8-9,11H,1-2,7,10H2,(H,30,31)(H,23,24,29). The summed E-state index contributed by atoms with van der Waals surface area (Å²) in [5.74, 6) is -1.23. The van der Waals surface area contributed by atoms with Crippen LogP contribution in [-0.2, 0) is 11.3 Å². The van der Waals surface area contributed by atoms with Gasteiger partial charge in [-0.2, -0.15) is 15.2 Å². The highest BCUT2D eigenvalue weighted by Crippen LogP contribution is 2.25. The largest absolute Gasteiger partial charge is 0.492 e. The smallest absolute Gasteiger partial charge is 0.338 e. The summed E-state index contributed by atoms with van der Waals surface area (Å²) in [6, 6.07) is 7.63. The van der Waals surface area contributed by atoms with Crippen LogP contribution in [0.1, 0.15) is 28.8 Å². The lowest BCUT2D eigenvalue weighted by molar-refractivity contribution is -0.117. The lowest BCUT2D eigenvalue weighted by Gasteiger charge is -2.16. The number of nitrogens with zero attached hydrogens (tertiary/aromatic N) is 7. The fourth-order valence-electron chi connectivity index (χ4n) is 3.61. The Kier molecular flexibility index (Phi) is 4.35. The normalized spacial score (nSPS) is 13.9. The Morgan fingerprint density at radius 1 is 1.10 bits per heavy atom. The molecule has 0 aliphatic carbocycles. The Bertz CT molecular complexity index is 1310. The highest BCUT2D eigenvalue weighted by atomic mass is 16.4. The molecule has 2 N–H and O–H groups in total. The highest BCUT2D eigenvalue weighted by molar-refractivity contribution is 5.95. The minimum atomic E-state index is -1.12. The van der Waals surface area contributed by atoms with Crippen molar-refractivity contribution in [2.45, 2.75) is 19.4 Å². The number of carboxylic acid groups (broad SMARTS) is 1. The van der Waals surface area contributed by atoms with Crippen LogP contribution in [0.4, 0.5) is 5.69 Å². The number of rotatable bonds is 5. The monoisotopic (exact) mass is 419 g/mol. The van der Waals surface area contributed by atoms with E-state index in [4.69, 9.17) is 5.11 Å². The molecule has 11 nitrogen and oxygen atoms in total. The maximum absolute atomic E-state index is 11.9. The van der Waals surface area contributed by atoms with Gasteiger partial charge in [0.1, 0.15) is 11.0 Å². The zero-order valence-electron chi connectivity index (χ0n) is 16.2. The Morgan fingerprint density at radius 2 is 1.90 bits per heavy atom. The predicted molar refractivity (Wildman–Crippen MR) is 108 cm³/mol. The summed E-state index contributed by atoms with van der Waals surface area (Å²) in [5.41, 5.74) is 2.54. The summed E-state index contributed by atoms with van der Waals surface area (Å²) < 4.78 is 2.76. The van der Waals surface area contributed by atoms with Crippen LogP contribution in [0.2, 0.25) is 0 Å². The van der Waals surface area contributed by atoms with E-state index in [0.29, 0.717) is 24.0 Å². The maximum Gasteiger partial charge on any atom is 0.338 e. The second-order valence-electron chi connectivity index (χ2n) is 7.18. The molecule has 1 aromatic carbocycles. The fraction of sp³-hybridized carbons (Fsp3) is 0.200. The molecule has 0 radical (unpaired) electrons. The summed E-state index contributed by atoms with van der Waals surface area (Å²) in [7, 11) is 0. The summed E-state index contributed by atoms with van der Waals surface area (Å²) in [6.45, 7) is 1.11. The van der Waals surface area contributed by atoms with Crippen molar-refractivity contribution in [3.63, 3.8) is 0 Å². The van der Waals surface area contributed by atoms with Gasteiger partial charge in [0.05, 0.1) is 24.5 Å². The van der Waals surface area contributed by atoms with Crippen LogP contribution in [0.3, 0.4) is 0 Å². The molecule has 1 amide bonds. The summed E-state index contributed by atoms with van der Waals surface area (Å²) in [6.07, 6.45) is 5.39. The minimum absolute atomic E-state index is 0.0158. The number of aromatic hydroxyl groups is 1. The number of carbonyl (C=O) groups excluding carboxylic acids is 1. The lowest BCUT2D eigenvalue weighted by Crippen LogP contribution is -2.23. The van der Waals surface area contributed by atoms with Crippen molar-refractivity contribution in [3.8, 4) is 11.8 Å². The van der Waals surface area contributed by atoms with Gasteiger partial charge in [-0.05, 0) is 24.1 Å². The molecule has 31 heavy (non-hydrogen) atoms. The van der Waals surface area contributed by atoms with Crippen molar-refractivity contribution < 1.29 is 19.8 Å². The average molecular weight is 419 g/mol. The number of hydrogen-bond donors (Lipinski definition) is 2. The molecule has 1 aliphatic rings. The molecule has 0 saturated carbocycles. The van der Waals surface area contributed by atoms with Crippen molar-refractivity contribution in [2.75, 3.05) is 11.4 Å². The lowest BCUT2D eigenvalue weighted by atomic mass is 10.2. The molecule has 1 aliphatic heterocycles. The van der Waals surface area contributed by atoms with Gasteiger partial charge in [0.15, 0.2) is 0 Å². The van der Waals surface area contributed by atoms with Gasteiger partial charge in [-0.25, -0.2) is 14.5 Å². The van der Waals surface area contributed by atoms with Crippen molar-refractivity contribution >= 4 is 28.6 Å². The number of aromatic carboxylic acids is 1. The third kappa shape index (κ3) is 3.35. The molecule has 4 heterocycles. The van der Waals surface area contributed by atoms with Crippen LogP contribution < -0.4 is 4.90 Å². The zero-order chi connectivity index (χ0) is 21.5. The van der Waals surface area contributed by atoms with Crippen molar-refractivity contribution in [3.05, 3.63) is 54.0 Å². The molecule has 11 heteroatoms. The molecule has 4 aromatic rings. The number of carboxylic acids is 1. The molecular weight excluding hydrogens is 402 g/mol. The minimum Gasteiger partial charge on any atom is -0.492 e. The van der Waals surface area contributed by atoms with E-state index >= 15 is 0 Å². The molecule has 3 aromatic heterocycles. The van der Waals surface area contributed by atoms with Gasteiger partial charge < -0.3 is 15.1 Å². The third-order valence-electron chi connectivity index (χ3n) is 5.15. The van der Waals surface area contributed by atoms with Gasteiger partial charge in [0.25, 0.3) is 5.95 Å². The number of amides is 1. The second-order valence-corrected chi connectivity index (χ2v) is 7.18. The van der Waals surface area contributed by atoms with E-state index in [2.05, 4.69) is 20.2 Å². The maximum atomic E-state index is 11.9. The third-order valence-corrected chi connectivity index (χ3v) is 5.15. The number of fused-ring (bicyclic) bond motifs is 1. The van der Waals surface area contributed by atoms with Crippen LogP contribution in [-0.4, -0.2) is 58.2 Å². The Morgan fingerprint density at radius 3 is 2.58 bits per heavy atom. The SMILES string of the molecule is O=C(O)c1cnn(-c2nc(O)c3c(cnn3Cc3ccc(N4CCCC4=O)cc3)n2)c1. The van der Waals surface area contributed by atoms with Crippen molar-refractivity contribution in [2.24, 2.45) is 0 Å². The van der Waals surface area contributed by atoms with E-state index in [1.807, 2.05) is 24.3 Å². The zero-order valence-corrected chi connectivity index (χ0v) is 16.2. The first-order valence-electron chi connectivity index (χ1n) is 9.60. The fourth-order valence-corrected chi connectivity index (χ4v) is 3.61. The first-order chi connectivity index (χ1) is 15.0. The first-order valence-corrected chi connectivity index (χ1v) is 9.60. The van der Waals surface area contributed by atoms with Crippen LogP contribution in [0, 0.1) is 0 Å². The number of benzene rings is 1. The summed E-state index contributed by atoms with van der Waals surface area (Å²) in [5, 5.41) is 27.7. The number of aromatic nitrogens is 6. The predicted octanol–water partition coefficient (Wildman–Crippen LogP) is 1.59. The summed E-state index contributed by atoms with van der Waals surface area (Å²) in [4.78, 5) is 33.1. The van der Waals surface area contributed by atoms with Crippen LogP contribution in [0.25, 0.3) is 17.0 Å². The van der Waals surface area contributed by atoms with Gasteiger partial charge in [-0.1, -0.05) is 12.1 Å². The van der Waals surface area contributed by atoms with E-state index in [9.17, 15) is 14.7 Å². The topological polar surface area (TPSA) is 139 Å². The number of hydrogen-bond acceptors (Lipinski definition) is 7. The van der Waals surface area contributed by atoms with Crippen molar-refractivity contribution in [1.29, 1.82) is 0 Å². The molecular formula is C20H17N7O4. The average Bonchev–Trinajstić information content (AvgIpc) is 3.49. The van der Waals surface area contributed by atoms with Gasteiger partial charge in [-0.3, -0.25) is 9.48 Å². The van der Waals surface area contributed by atoms with E-state index in [-0.39, 0.29) is 23.3 Å². The van der Waals surface area contributed by atoms with E-state index in [1.54, 1.807) is 9.58 Å². The Balaban J connectivity index is 1.42.